The second-order valence-corrected chi connectivity index (χ2v) is 17.3. The number of Topliss-reactive ketones (excluding diaryl/α,β-unsaturated/α-hetero) is 1. The third kappa shape index (κ3) is 13.4. The molecule has 28 heteroatoms. The van der Waals surface area contributed by atoms with Gasteiger partial charge in [-0.15, -0.1) is 0 Å². The van der Waals surface area contributed by atoms with Crippen LogP contribution in [-0.4, -0.2) is 11.9 Å². The van der Waals surface area contributed by atoms with E-state index < -0.39 is 195 Å². The molecule has 0 amide bonds. The maximum atomic E-state index is 14.2. The number of ketones is 1. The number of para-hydroxylation sites is 1. The van der Waals surface area contributed by atoms with Gasteiger partial charge in [-0.1, -0.05) is 103 Å². The molecule has 7 aromatic rings. The smallest absolute Gasteiger partial charge is 0.287 e. The number of aromatic nitrogens is 1. The lowest BCUT2D eigenvalue weighted by atomic mass is 9.12. The molecule has 1 aromatic heterocycles. The van der Waals surface area contributed by atoms with Crippen LogP contribution in [0.25, 0.3) is 10.9 Å². The normalized spacial score (nSPS) is 13.4. The molecular weight excluding hydrogens is 1120 g/mol. The molecule has 0 aliphatic heterocycles. The van der Waals surface area contributed by atoms with E-state index in [9.17, 15) is 110 Å². The number of hydrogen-bond donors (Lipinski definition) is 0. The van der Waals surface area contributed by atoms with E-state index in [1.807, 2.05) is 65.2 Å². The Hall–Kier alpha value is -6.93. The summed E-state index contributed by atoms with van der Waals surface area (Å²) in [5.74, 6) is 0.0722. The second kappa shape index (κ2) is 20.5. The van der Waals surface area contributed by atoms with Crippen molar-refractivity contribution in [1.82, 2.24) is 0 Å². The summed E-state index contributed by atoms with van der Waals surface area (Å²) in [6.45, 7) is 0.283. The number of fused-ring (bicyclic) bond motifs is 1. The minimum atomic E-state index is -6.13. The van der Waals surface area contributed by atoms with Gasteiger partial charge in [0.15, 0.2) is 6.20 Å². The summed E-state index contributed by atoms with van der Waals surface area (Å²) in [6, 6.07) is 10.3. The zero-order chi connectivity index (χ0) is 57.9. The van der Waals surface area contributed by atoms with Gasteiger partial charge >= 0.3 is 49.4 Å². The van der Waals surface area contributed by atoms with Crippen LogP contribution in [0, 0.1) is 0 Å². The lowest BCUT2D eigenvalue weighted by Crippen LogP contribution is -2.75. The molecule has 0 saturated carbocycles. The monoisotopic (exact) mass is 1150 g/mol. The van der Waals surface area contributed by atoms with Crippen LogP contribution in [0.1, 0.15) is 54.9 Å². The van der Waals surface area contributed by atoms with E-state index in [4.69, 9.17) is 11.6 Å². The fourth-order valence-electron chi connectivity index (χ4n) is 8.35. The van der Waals surface area contributed by atoms with Crippen LogP contribution in [0.15, 0.2) is 140 Å². The number of rotatable bonds is 7. The van der Waals surface area contributed by atoms with Gasteiger partial charge in [-0.3, -0.25) is 4.79 Å². The molecule has 410 valence electrons. The predicted octanol–water partition coefficient (Wildman–Crippen LogP) is 14.9. The molecule has 0 aliphatic carbocycles. The average molecular weight is 1150 g/mol. The Bertz CT molecular complexity index is 2870. The van der Waals surface area contributed by atoms with Crippen LogP contribution in [0.2, 0.25) is 5.02 Å². The number of carbonyl (C=O) groups is 1. The van der Waals surface area contributed by atoms with Crippen molar-refractivity contribution >= 4 is 56.3 Å². The highest BCUT2D eigenvalue weighted by atomic mass is 35.5. The lowest BCUT2D eigenvalue weighted by molar-refractivity contribution is -0.657. The largest absolute Gasteiger partial charge is 0.416 e. The molecule has 0 unspecified atom stereocenters. The molecule has 0 bridgehead atoms. The lowest BCUT2D eigenvalue weighted by Gasteiger charge is -2.46. The number of hydrogen-bond acceptors (Lipinski definition) is 1. The highest BCUT2D eigenvalue weighted by molar-refractivity contribution is 7.20. The Morgan fingerprint density at radius 2 is 0.623 bits per heavy atom. The molecule has 0 atom stereocenters. The van der Waals surface area contributed by atoms with Crippen molar-refractivity contribution in [2.45, 2.75) is 56.0 Å². The highest BCUT2D eigenvalue weighted by Crippen LogP contribution is 2.41. The third-order valence-electron chi connectivity index (χ3n) is 11.7. The van der Waals surface area contributed by atoms with Gasteiger partial charge in [-0.25, -0.2) is 0 Å². The molecule has 7 rings (SSSR count). The van der Waals surface area contributed by atoms with E-state index in [2.05, 4.69) is 0 Å². The van der Waals surface area contributed by atoms with Crippen molar-refractivity contribution in [3.63, 3.8) is 0 Å². The number of nitrogens with zero attached hydrogens (tertiary/aromatic N) is 1. The van der Waals surface area contributed by atoms with Gasteiger partial charge in [0.1, 0.15) is 11.2 Å². The van der Waals surface area contributed by atoms with E-state index in [1.165, 1.54) is 0 Å². The first-order valence-electron chi connectivity index (χ1n) is 21.0. The van der Waals surface area contributed by atoms with Gasteiger partial charge in [0, 0.05) is 17.0 Å². The van der Waals surface area contributed by atoms with Gasteiger partial charge < -0.3 is 0 Å². The Balaban J connectivity index is 0.000000397. The predicted molar refractivity (Wildman–Crippen MR) is 230 cm³/mol. The summed E-state index contributed by atoms with van der Waals surface area (Å²) in [5, 5.41) is 1.66. The highest BCUT2D eigenvalue weighted by Gasteiger charge is 2.47. The van der Waals surface area contributed by atoms with Gasteiger partial charge in [-0.05, 0) is 36.4 Å². The summed E-state index contributed by atoms with van der Waals surface area (Å²) in [5.41, 5.74) is -28.5. The maximum absolute atomic E-state index is 14.2. The Morgan fingerprint density at radius 3 is 0.896 bits per heavy atom. The van der Waals surface area contributed by atoms with Crippen molar-refractivity contribution in [2.24, 2.45) is 0 Å². The van der Waals surface area contributed by atoms with Crippen LogP contribution >= 0.6 is 11.6 Å². The van der Waals surface area contributed by atoms with E-state index in [0.717, 1.165) is 10.9 Å². The summed E-state index contributed by atoms with van der Waals surface area (Å²) in [4.78, 5) is 12.3. The minimum absolute atomic E-state index is 0.0722. The molecule has 2 nitrogen and oxygen atoms in total. The number of alkyl halides is 24. The van der Waals surface area contributed by atoms with Crippen molar-refractivity contribution in [3.05, 3.63) is 195 Å². The first kappa shape index (κ1) is 59.3. The zero-order valence-corrected chi connectivity index (χ0v) is 38.1. The Morgan fingerprint density at radius 1 is 0.364 bits per heavy atom. The summed E-state index contributed by atoms with van der Waals surface area (Å²) >= 11 is 6.12. The topological polar surface area (TPSA) is 20.9 Å². The standard InChI is InChI=1S/C32H12BF24.C17H13ClNO/c34-25(35,36)13-1-14(26(37,38)39)6-21(5-13)33(22-7-15(27(40,41)42)2-16(8-22)28(43,44)45,23-9-17(29(46,47)48)3-18(10-23)30(49,50)51)24-11-19(31(52,53)54)4-20(12-24)32(55,56)57;18-15-10-14-8-4-5-9-16(14)19(11-15)12-17(20)13-6-2-1-3-7-13/h1-12H;1-11H,12H2/q-1;+1. The van der Waals surface area contributed by atoms with Crippen LogP contribution in [0.4, 0.5) is 105 Å². The molecule has 1 heterocycles. The molecule has 77 heavy (non-hydrogen) atoms. The van der Waals surface area contributed by atoms with Crippen molar-refractivity contribution < 1.29 is 115 Å². The van der Waals surface area contributed by atoms with Crippen LogP contribution < -0.4 is 26.4 Å². The van der Waals surface area contributed by atoms with E-state index >= 15 is 0 Å². The van der Waals surface area contributed by atoms with Crippen LogP contribution in [-0.2, 0) is 56.0 Å². The molecule has 0 spiro atoms. The first-order chi connectivity index (χ1) is 35.0. The maximum Gasteiger partial charge on any atom is 0.416 e. The first-order valence-corrected chi connectivity index (χ1v) is 21.4. The minimum Gasteiger partial charge on any atom is -0.287 e. The summed E-state index contributed by atoms with van der Waals surface area (Å²) in [6.07, 6.45) is -53.0. The quantitative estimate of drug-likeness (QED) is 0.0674. The van der Waals surface area contributed by atoms with Crippen molar-refractivity contribution in [2.75, 3.05) is 0 Å². The number of carbonyl (C=O) groups excluding carboxylic acids is 1. The fourth-order valence-corrected chi connectivity index (χ4v) is 8.58. The molecule has 0 aliphatic rings. The van der Waals surface area contributed by atoms with Crippen molar-refractivity contribution in [3.8, 4) is 0 Å². The van der Waals surface area contributed by atoms with E-state index in [0.29, 0.717) is 10.6 Å². The second-order valence-electron chi connectivity index (χ2n) is 16.9. The SMILES string of the molecule is FC(F)(F)c1cc([B-](c2cc(C(F)(F)F)cc(C(F)(F)F)c2)(c2cc(C(F)(F)F)cc(C(F)(F)F)c2)c2cc(C(F)(F)F)cc(C(F)(F)F)c2)cc(C(F)(F)F)c1.O=C(C[n+]1cc(Cl)cc2ccccc21)c1ccccc1. The Labute approximate surface area is 421 Å². The fraction of sp³-hybridized carbons (Fsp3) is 0.184. The van der Waals surface area contributed by atoms with Gasteiger partial charge in [0.2, 0.25) is 17.8 Å². The third-order valence-corrected chi connectivity index (χ3v) is 11.9. The van der Waals surface area contributed by atoms with Crippen LogP contribution in [0.5, 0.6) is 0 Å². The molecular formula is C49H25BClF24NO. The van der Waals surface area contributed by atoms with Crippen LogP contribution in [0.3, 0.4) is 0 Å². The van der Waals surface area contributed by atoms with Gasteiger partial charge in [0.05, 0.1) is 44.5 Å². The summed E-state index contributed by atoms with van der Waals surface area (Å²) < 4.78 is 343. The molecule has 0 fully saturated rings. The molecule has 6 aromatic carbocycles. The van der Waals surface area contributed by atoms with E-state index in [1.54, 1.807) is 6.20 Å². The molecule has 0 saturated heterocycles. The number of halogens is 25. The average Bonchev–Trinajstić information content (AvgIpc) is 3.29. The molecule has 0 radical (unpaired) electrons. The number of pyridine rings is 1. The molecule has 0 N–H and O–H groups in total. The Kier molecular flexibility index (Phi) is 15.8. The van der Waals surface area contributed by atoms with E-state index in [-0.39, 0.29) is 12.3 Å². The van der Waals surface area contributed by atoms with Gasteiger partial charge in [0.25, 0.3) is 0 Å². The zero-order valence-electron chi connectivity index (χ0n) is 37.4. The van der Waals surface area contributed by atoms with Gasteiger partial charge in [-0.2, -0.15) is 132 Å². The van der Waals surface area contributed by atoms with Crippen molar-refractivity contribution in [1.29, 1.82) is 0 Å². The summed E-state index contributed by atoms with van der Waals surface area (Å²) in [7, 11) is 0. The number of benzene rings is 6.